The Morgan fingerprint density at radius 2 is 1.20 bits per heavy atom. The summed E-state index contributed by atoms with van der Waals surface area (Å²) < 4.78 is 0. The molecule has 1 heterocycles. The molecule has 2 aromatic carbocycles. The summed E-state index contributed by atoms with van der Waals surface area (Å²) >= 11 is 0. The first-order valence-corrected chi connectivity index (χ1v) is 17.6. The minimum absolute atomic E-state index is 0.0289. The number of hydrogen-bond acceptors (Lipinski definition) is 7. The van der Waals surface area contributed by atoms with E-state index < -0.39 is 41.9 Å². The number of carbonyl (C=O) groups is 5. The molecule has 3 rings (SSSR count). The largest absolute Gasteiger partial charge is 0.343 e. The third-order valence-electron chi connectivity index (χ3n) is 8.70. The van der Waals surface area contributed by atoms with Crippen molar-refractivity contribution in [1.82, 2.24) is 30.7 Å². The second kappa shape index (κ2) is 20.2. The van der Waals surface area contributed by atoms with Gasteiger partial charge in [-0.2, -0.15) is 0 Å². The van der Waals surface area contributed by atoms with Crippen molar-refractivity contribution in [2.75, 3.05) is 46.8 Å². The molecule has 2 aromatic rings. The highest BCUT2D eigenvalue weighted by molar-refractivity contribution is 5.95. The molecule has 4 atom stereocenters. The van der Waals surface area contributed by atoms with Crippen LogP contribution in [0.25, 0.3) is 0 Å². The number of piperazine rings is 1. The van der Waals surface area contributed by atoms with Gasteiger partial charge >= 0.3 is 6.03 Å². The number of benzene rings is 2. The summed E-state index contributed by atoms with van der Waals surface area (Å²) in [6.45, 7) is 5.81. The summed E-state index contributed by atoms with van der Waals surface area (Å²) in [4.78, 5) is 72.1. The maximum Gasteiger partial charge on any atom is 0.319 e. The van der Waals surface area contributed by atoms with Gasteiger partial charge in [-0.1, -0.05) is 74.5 Å². The van der Waals surface area contributed by atoms with Crippen LogP contribution in [-0.2, 0) is 32.0 Å². The number of nitrogens with two attached hydrogens (primary N) is 2. The Labute approximate surface area is 296 Å². The molecule has 0 bridgehead atoms. The van der Waals surface area contributed by atoms with Crippen LogP contribution in [0.4, 0.5) is 4.79 Å². The van der Waals surface area contributed by atoms with Crippen LogP contribution in [0, 0.1) is 5.92 Å². The number of nitrogens with zero attached hydrogens (tertiary/aromatic N) is 3. The smallest absolute Gasteiger partial charge is 0.319 e. The van der Waals surface area contributed by atoms with Crippen molar-refractivity contribution in [2.45, 2.75) is 76.5 Å². The standard InChI is InChI=1S/C37H56N8O5/c1-26(2)23-31(34(47)40-30(17-11-12-18-38)36(49)44-19-21-45(22-20-44)37(50)43(3)4)42-35(48)32(25-28-15-9-6-10-16-28)41-33(46)29(39)24-27-13-7-5-8-14-27/h5-10,13-16,26,29-32H,11-12,17-25,38-39H2,1-4H3,(H,40,47)(H,41,46)(H,42,48)/t29-,30-,31-,32-/m1/s1. The van der Waals surface area contributed by atoms with E-state index in [0.717, 1.165) is 11.1 Å². The van der Waals surface area contributed by atoms with E-state index in [2.05, 4.69) is 16.0 Å². The Balaban J connectivity index is 1.75. The van der Waals surface area contributed by atoms with Gasteiger partial charge in [0.05, 0.1) is 6.04 Å². The number of rotatable bonds is 17. The Bertz CT molecular complexity index is 1380. The van der Waals surface area contributed by atoms with Gasteiger partial charge in [-0.15, -0.1) is 0 Å². The normalized spacial score (nSPS) is 15.4. The molecule has 50 heavy (non-hydrogen) atoms. The number of carbonyl (C=O) groups excluding carboxylic acids is 5. The first kappa shape index (κ1) is 39.9. The lowest BCUT2D eigenvalue weighted by Crippen LogP contribution is -2.60. The summed E-state index contributed by atoms with van der Waals surface area (Å²) in [5.74, 6) is -1.69. The lowest BCUT2D eigenvalue weighted by atomic mass is 9.99. The Morgan fingerprint density at radius 3 is 1.74 bits per heavy atom. The highest BCUT2D eigenvalue weighted by atomic mass is 16.2. The average Bonchev–Trinajstić information content (AvgIpc) is 3.10. The second-order valence-electron chi connectivity index (χ2n) is 13.6. The van der Waals surface area contributed by atoms with Gasteiger partial charge in [0.2, 0.25) is 23.6 Å². The first-order chi connectivity index (χ1) is 23.9. The molecule has 13 heteroatoms. The molecule has 1 aliphatic heterocycles. The van der Waals surface area contributed by atoms with Crippen molar-refractivity contribution in [2.24, 2.45) is 17.4 Å². The van der Waals surface area contributed by atoms with Crippen molar-refractivity contribution in [1.29, 1.82) is 0 Å². The van der Waals surface area contributed by atoms with Gasteiger partial charge in [0.25, 0.3) is 0 Å². The van der Waals surface area contributed by atoms with E-state index in [-0.39, 0.29) is 24.3 Å². The highest BCUT2D eigenvalue weighted by Crippen LogP contribution is 2.13. The van der Waals surface area contributed by atoms with E-state index in [9.17, 15) is 24.0 Å². The molecule has 0 unspecified atom stereocenters. The summed E-state index contributed by atoms with van der Waals surface area (Å²) in [7, 11) is 3.38. The third-order valence-corrected chi connectivity index (χ3v) is 8.70. The topological polar surface area (TPSA) is 183 Å². The number of urea groups is 1. The van der Waals surface area contributed by atoms with E-state index in [1.807, 2.05) is 74.5 Å². The molecule has 0 aromatic heterocycles. The van der Waals surface area contributed by atoms with E-state index in [0.29, 0.717) is 64.8 Å². The number of amides is 6. The van der Waals surface area contributed by atoms with Gasteiger partial charge in [0, 0.05) is 46.7 Å². The van der Waals surface area contributed by atoms with Crippen molar-refractivity contribution in [3.63, 3.8) is 0 Å². The van der Waals surface area contributed by atoms with Crippen LogP contribution >= 0.6 is 0 Å². The predicted molar refractivity (Wildman–Crippen MR) is 194 cm³/mol. The minimum atomic E-state index is -1.00. The first-order valence-electron chi connectivity index (χ1n) is 17.6. The molecule has 1 aliphatic rings. The van der Waals surface area contributed by atoms with Gasteiger partial charge in [-0.3, -0.25) is 19.2 Å². The Hall–Kier alpha value is -4.49. The van der Waals surface area contributed by atoms with Crippen molar-refractivity contribution in [3.8, 4) is 0 Å². The zero-order chi connectivity index (χ0) is 36.6. The second-order valence-corrected chi connectivity index (χ2v) is 13.6. The van der Waals surface area contributed by atoms with Gasteiger partial charge in [-0.25, -0.2) is 4.79 Å². The zero-order valence-corrected chi connectivity index (χ0v) is 30.0. The predicted octanol–water partition coefficient (Wildman–Crippen LogP) is 1.25. The summed E-state index contributed by atoms with van der Waals surface area (Å²) in [6, 6.07) is 14.9. The molecule has 6 amide bonds. The quantitative estimate of drug-likeness (QED) is 0.155. The van der Waals surface area contributed by atoms with Gasteiger partial charge in [0.1, 0.15) is 18.1 Å². The molecule has 7 N–H and O–H groups in total. The molecule has 274 valence electrons. The van der Waals surface area contributed by atoms with Crippen LogP contribution in [0.15, 0.2) is 60.7 Å². The molecular weight excluding hydrogens is 636 g/mol. The Morgan fingerprint density at radius 1 is 0.700 bits per heavy atom. The molecule has 0 radical (unpaired) electrons. The third kappa shape index (κ3) is 12.8. The lowest BCUT2D eigenvalue weighted by molar-refractivity contribution is -0.139. The van der Waals surface area contributed by atoms with E-state index >= 15 is 0 Å². The highest BCUT2D eigenvalue weighted by Gasteiger charge is 2.34. The molecular formula is C37H56N8O5. The average molecular weight is 693 g/mol. The molecule has 0 aliphatic carbocycles. The van der Waals surface area contributed by atoms with Gasteiger partial charge < -0.3 is 42.1 Å². The van der Waals surface area contributed by atoms with Gasteiger partial charge in [-0.05, 0) is 55.7 Å². The van der Waals surface area contributed by atoms with Crippen molar-refractivity contribution < 1.29 is 24.0 Å². The minimum Gasteiger partial charge on any atom is -0.343 e. The number of hydrogen-bond donors (Lipinski definition) is 5. The molecule has 1 fully saturated rings. The molecule has 1 saturated heterocycles. The fourth-order valence-electron chi connectivity index (χ4n) is 5.92. The van der Waals surface area contributed by atoms with Crippen LogP contribution in [0.2, 0.25) is 0 Å². The van der Waals surface area contributed by atoms with Gasteiger partial charge in [0.15, 0.2) is 0 Å². The fourth-order valence-corrected chi connectivity index (χ4v) is 5.92. The molecule has 13 nitrogen and oxygen atoms in total. The van der Waals surface area contributed by atoms with E-state index in [4.69, 9.17) is 11.5 Å². The van der Waals surface area contributed by atoms with E-state index in [1.165, 1.54) is 4.90 Å². The SMILES string of the molecule is CC(C)C[C@@H](NC(=O)[C@@H](Cc1ccccc1)NC(=O)[C@H](N)Cc1ccccc1)C(=O)N[C@H](CCCCN)C(=O)N1CCN(C(=O)N(C)C)CC1. The van der Waals surface area contributed by atoms with Crippen LogP contribution in [0.3, 0.4) is 0 Å². The number of nitrogens with one attached hydrogen (secondary N) is 3. The zero-order valence-electron chi connectivity index (χ0n) is 30.0. The van der Waals surface area contributed by atoms with Crippen LogP contribution in [-0.4, -0.2) is 115 Å². The Kier molecular flexibility index (Phi) is 16.2. The van der Waals surface area contributed by atoms with Crippen molar-refractivity contribution >= 4 is 29.7 Å². The fraction of sp³-hybridized carbons (Fsp3) is 0.541. The lowest BCUT2D eigenvalue weighted by Gasteiger charge is -2.37. The van der Waals surface area contributed by atoms with Crippen molar-refractivity contribution in [3.05, 3.63) is 71.8 Å². The molecule has 0 spiro atoms. The maximum atomic E-state index is 13.9. The summed E-state index contributed by atoms with van der Waals surface area (Å²) in [5.41, 5.74) is 13.7. The van der Waals surface area contributed by atoms with E-state index in [1.54, 1.807) is 23.9 Å². The maximum absolute atomic E-state index is 13.9. The van der Waals surface area contributed by atoms with Crippen LogP contribution in [0.1, 0.15) is 50.7 Å². The van der Waals surface area contributed by atoms with Crippen LogP contribution in [0.5, 0.6) is 0 Å². The number of unbranched alkanes of at least 4 members (excludes halogenated alkanes) is 1. The monoisotopic (exact) mass is 692 g/mol. The summed E-state index contributed by atoms with van der Waals surface area (Å²) in [5, 5.41) is 8.64. The summed E-state index contributed by atoms with van der Waals surface area (Å²) in [6.07, 6.45) is 2.49. The molecule has 0 saturated carbocycles. The van der Waals surface area contributed by atoms with Crippen LogP contribution < -0.4 is 27.4 Å².